The molecule has 3 aromatic rings. The van der Waals surface area contributed by atoms with Gasteiger partial charge in [-0.15, -0.1) is 11.8 Å². The molecule has 0 aromatic heterocycles. The Morgan fingerprint density at radius 1 is 0.944 bits per heavy atom. The van der Waals surface area contributed by atoms with E-state index in [9.17, 15) is 9.59 Å². The molecular formula is C29H32BrClN2O2S. The number of benzene rings is 3. The quantitative estimate of drug-likeness (QED) is 0.255. The van der Waals surface area contributed by atoms with Crippen LogP contribution in [0.4, 0.5) is 0 Å². The molecule has 0 saturated carbocycles. The van der Waals surface area contributed by atoms with E-state index in [0.29, 0.717) is 36.2 Å². The van der Waals surface area contributed by atoms with Crippen molar-refractivity contribution in [2.24, 2.45) is 5.92 Å². The summed E-state index contributed by atoms with van der Waals surface area (Å²) >= 11 is 11.3. The highest BCUT2D eigenvalue weighted by Crippen LogP contribution is 2.23. The zero-order valence-corrected chi connectivity index (χ0v) is 23.8. The van der Waals surface area contributed by atoms with Gasteiger partial charge in [-0.1, -0.05) is 102 Å². The number of carbonyl (C=O) groups excluding carboxylic acids is 2. The van der Waals surface area contributed by atoms with Crippen LogP contribution in [0, 0.1) is 5.92 Å². The van der Waals surface area contributed by atoms with Crippen LogP contribution in [0.2, 0.25) is 5.02 Å². The van der Waals surface area contributed by atoms with Crippen LogP contribution in [-0.4, -0.2) is 35.1 Å². The molecule has 0 aliphatic carbocycles. The average molecular weight is 588 g/mol. The van der Waals surface area contributed by atoms with E-state index in [1.165, 1.54) is 11.8 Å². The summed E-state index contributed by atoms with van der Waals surface area (Å²) < 4.78 is 0.968. The predicted octanol–water partition coefficient (Wildman–Crippen LogP) is 6.75. The van der Waals surface area contributed by atoms with Crippen molar-refractivity contribution in [1.29, 1.82) is 0 Å². The Morgan fingerprint density at radius 2 is 1.61 bits per heavy atom. The highest BCUT2D eigenvalue weighted by Gasteiger charge is 2.30. The number of thioether (sulfide) groups is 1. The lowest BCUT2D eigenvalue weighted by Crippen LogP contribution is -2.51. The van der Waals surface area contributed by atoms with Gasteiger partial charge in [0, 0.05) is 34.8 Å². The van der Waals surface area contributed by atoms with E-state index < -0.39 is 6.04 Å². The molecule has 7 heteroatoms. The van der Waals surface area contributed by atoms with Crippen molar-refractivity contribution in [3.05, 3.63) is 105 Å². The van der Waals surface area contributed by atoms with Gasteiger partial charge < -0.3 is 10.2 Å². The summed E-state index contributed by atoms with van der Waals surface area (Å²) in [5.41, 5.74) is 2.98. The summed E-state index contributed by atoms with van der Waals surface area (Å²) in [4.78, 5) is 28.8. The Hall–Kier alpha value is -2.28. The number of nitrogens with one attached hydrogen (secondary N) is 1. The Morgan fingerprint density at radius 3 is 2.28 bits per heavy atom. The number of halogens is 2. The molecule has 0 unspecified atom stereocenters. The zero-order valence-electron chi connectivity index (χ0n) is 20.6. The van der Waals surface area contributed by atoms with E-state index >= 15 is 0 Å². The van der Waals surface area contributed by atoms with E-state index in [-0.39, 0.29) is 17.6 Å². The third-order valence-corrected chi connectivity index (χ3v) is 7.53. The van der Waals surface area contributed by atoms with Crippen LogP contribution in [0.5, 0.6) is 0 Å². The summed E-state index contributed by atoms with van der Waals surface area (Å²) in [6.07, 6.45) is 0.447. The average Bonchev–Trinajstić information content (AvgIpc) is 2.87. The fraction of sp³-hybridized carbons (Fsp3) is 0.310. The molecule has 190 valence electrons. The molecule has 0 bridgehead atoms. The Bertz CT molecular complexity index is 1130. The second-order valence-electron chi connectivity index (χ2n) is 9.08. The minimum atomic E-state index is -0.622. The number of nitrogens with zero attached hydrogens (tertiary/aromatic N) is 1. The van der Waals surface area contributed by atoms with E-state index in [1.54, 1.807) is 4.90 Å². The molecule has 36 heavy (non-hydrogen) atoms. The van der Waals surface area contributed by atoms with Gasteiger partial charge in [-0.25, -0.2) is 0 Å². The minimum absolute atomic E-state index is 0.0735. The van der Waals surface area contributed by atoms with Gasteiger partial charge in [-0.05, 0) is 40.8 Å². The van der Waals surface area contributed by atoms with Gasteiger partial charge in [0.2, 0.25) is 11.8 Å². The summed E-state index contributed by atoms with van der Waals surface area (Å²) in [5, 5.41) is 3.75. The van der Waals surface area contributed by atoms with Crippen LogP contribution in [0.1, 0.15) is 30.5 Å². The number of hydrogen-bond acceptors (Lipinski definition) is 3. The van der Waals surface area contributed by atoms with Gasteiger partial charge in [0.05, 0.1) is 5.75 Å². The standard InChI is InChI=1S/C29H32BrClN2O2S/c1-21(2)17-32-29(35)27(16-22-8-4-3-5-9-22)33(18-23-12-14-25(30)15-13-23)28(34)20-36-19-24-10-6-7-11-26(24)31/h3-15,21,27H,16-20H2,1-2H3,(H,32,35)/t27-/m0/s1. The normalized spacial score (nSPS) is 11.8. The van der Waals surface area contributed by atoms with Crippen molar-refractivity contribution in [3.8, 4) is 0 Å². The molecule has 1 atom stereocenters. The van der Waals surface area contributed by atoms with Crippen LogP contribution in [0.25, 0.3) is 0 Å². The molecule has 0 spiro atoms. The smallest absolute Gasteiger partial charge is 0.243 e. The van der Waals surface area contributed by atoms with E-state index in [0.717, 1.165) is 21.2 Å². The Labute approximate surface area is 231 Å². The van der Waals surface area contributed by atoms with Gasteiger partial charge in [0.25, 0.3) is 0 Å². The SMILES string of the molecule is CC(C)CNC(=O)[C@H](Cc1ccccc1)N(Cc1ccc(Br)cc1)C(=O)CSCc1ccccc1Cl. The molecular weight excluding hydrogens is 556 g/mol. The largest absolute Gasteiger partial charge is 0.354 e. The number of amides is 2. The molecule has 2 amide bonds. The minimum Gasteiger partial charge on any atom is -0.354 e. The molecule has 4 nitrogen and oxygen atoms in total. The Kier molecular flexibility index (Phi) is 11.4. The fourth-order valence-corrected chi connectivity index (χ4v) is 5.17. The monoisotopic (exact) mass is 586 g/mol. The number of rotatable bonds is 12. The summed E-state index contributed by atoms with van der Waals surface area (Å²) in [7, 11) is 0. The molecule has 0 saturated heterocycles. The maximum atomic E-state index is 13.6. The van der Waals surface area contributed by atoms with Crippen LogP contribution in [0.15, 0.2) is 83.3 Å². The molecule has 3 aromatic carbocycles. The topological polar surface area (TPSA) is 49.4 Å². The van der Waals surface area contributed by atoms with Crippen LogP contribution in [-0.2, 0) is 28.3 Å². The van der Waals surface area contributed by atoms with Gasteiger partial charge >= 0.3 is 0 Å². The van der Waals surface area contributed by atoms with Gasteiger partial charge in [-0.2, -0.15) is 0 Å². The highest BCUT2D eigenvalue weighted by molar-refractivity contribution is 9.10. The molecule has 0 heterocycles. The van der Waals surface area contributed by atoms with Crippen LogP contribution >= 0.6 is 39.3 Å². The third kappa shape index (κ3) is 8.99. The number of carbonyl (C=O) groups is 2. The first-order chi connectivity index (χ1) is 17.3. The second-order valence-corrected chi connectivity index (χ2v) is 11.4. The Balaban J connectivity index is 1.84. The predicted molar refractivity (Wildman–Crippen MR) is 154 cm³/mol. The van der Waals surface area contributed by atoms with E-state index in [1.807, 2.05) is 78.9 Å². The lowest BCUT2D eigenvalue weighted by Gasteiger charge is -2.32. The van der Waals surface area contributed by atoms with E-state index in [4.69, 9.17) is 11.6 Å². The maximum Gasteiger partial charge on any atom is 0.243 e. The first kappa shape index (κ1) is 28.3. The molecule has 3 rings (SSSR count). The fourth-order valence-electron chi connectivity index (χ4n) is 3.71. The lowest BCUT2D eigenvalue weighted by molar-refractivity contribution is -0.139. The molecule has 1 N–H and O–H groups in total. The maximum absolute atomic E-state index is 13.6. The van der Waals surface area contributed by atoms with Crippen molar-refractivity contribution in [2.75, 3.05) is 12.3 Å². The summed E-state index contributed by atoms with van der Waals surface area (Å²) in [5.74, 6) is 0.989. The van der Waals surface area contributed by atoms with Crippen molar-refractivity contribution >= 4 is 51.1 Å². The first-order valence-corrected chi connectivity index (χ1v) is 14.3. The van der Waals surface area contributed by atoms with E-state index in [2.05, 4.69) is 35.1 Å². The second kappa shape index (κ2) is 14.5. The summed E-state index contributed by atoms with van der Waals surface area (Å²) in [6.45, 7) is 5.03. The van der Waals surface area contributed by atoms with Crippen LogP contribution in [0.3, 0.4) is 0 Å². The molecule has 0 fully saturated rings. The molecule has 0 aliphatic heterocycles. The third-order valence-electron chi connectivity index (χ3n) is 5.66. The zero-order chi connectivity index (χ0) is 25.9. The molecule has 0 radical (unpaired) electrons. The van der Waals surface area contributed by atoms with Crippen molar-refractivity contribution in [3.63, 3.8) is 0 Å². The van der Waals surface area contributed by atoms with Crippen molar-refractivity contribution in [1.82, 2.24) is 10.2 Å². The summed E-state index contributed by atoms with van der Waals surface area (Å²) in [6, 6.07) is 24.8. The van der Waals surface area contributed by atoms with Crippen molar-refractivity contribution < 1.29 is 9.59 Å². The van der Waals surface area contributed by atoms with Crippen molar-refractivity contribution in [2.45, 2.75) is 38.6 Å². The first-order valence-electron chi connectivity index (χ1n) is 12.0. The van der Waals surface area contributed by atoms with Crippen LogP contribution < -0.4 is 5.32 Å². The molecule has 0 aliphatic rings. The number of hydrogen-bond donors (Lipinski definition) is 1. The van der Waals surface area contributed by atoms with Gasteiger partial charge in [-0.3, -0.25) is 9.59 Å². The highest BCUT2D eigenvalue weighted by atomic mass is 79.9. The lowest BCUT2D eigenvalue weighted by atomic mass is 10.0. The van der Waals surface area contributed by atoms with Gasteiger partial charge in [0.15, 0.2) is 0 Å². The van der Waals surface area contributed by atoms with Gasteiger partial charge in [0.1, 0.15) is 6.04 Å².